The van der Waals surface area contributed by atoms with Gasteiger partial charge in [0.15, 0.2) is 0 Å². The molecular formula is C20H29ClN4O2S. The third-order valence-electron chi connectivity index (χ3n) is 6.09. The Morgan fingerprint density at radius 2 is 2.07 bits per heavy atom. The number of nitrogens with one attached hydrogen (secondary N) is 1. The van der Waals surface area contributed by atoms with Crippen molar-refractivity contribution in [3.05, 3.63) is 26.6 Å². The maximum absolute atomic E-state index is 12.6. The number of aromatic nitrogens is 2. The normalized spacial score (nSPS) is 20.1. The molecule has 1 aliphatic carbocycles. The lowest BCUT2D eigenvalue weighted by Crippen LogP contribution is -2.40. The van der Waals surface area contributed by atoms with E-state index in [0.29, 0.717) is 37.0 Å². The molecule has 2 aromatic heterocycles. The molecule has 0 saturated carbocycles. The van der Waals surface area contributed by atoms with Gasteiger partial charge in [-0.15, -0.1) is 23.7 Å². The minimum absolute atomic E-state index is 0. The van der Waals surface area contributed by atoms with Crippen molar-refractivity contribution >= 4 is 39.9 Å². The molecule has 0 radical (unpaired) electrons. The molecular weight excluding hydrogens is 396 g/mol. The second kappa shape index (κ2) is 8.93. The third-order valence-corrected chi connectivity index (χ3v) is 7.24. The molecule has 3 heterocycles. The number of thiophene rings is 1. The van der Waals surface area contributed by atoms with Gasteiger partial charge >= 0.3 is 0 Å². The largest absolute Gasteiger partial charge is 0.343 e. The van der Waals surface area contributed by atoms with E-state index in [1.165, 1.54) is 10.4 Å². The molecule has 1 atom stereocenters. The number of hydrogen-bond acceptors (Lipinski definition) is 5. The predicted octanol–water partition coefficient (Wildman–Crippen LogP) is 2.66. The van der Waals surface area contributed by atoms with Crippen LogP contribution in [0.5, 0.6) is 0 Å². The average Bonchev–Trinajstić information content (AvgIpc) is 3.03. The maximum atomic E-state index is 12.6. The number of nitrogens with zero attached hydrogens (tertiary/aromatic N) is 2. The van der Waals surface area contributed by atoms with E-state index >= 15 is 0 Å². The summed E-state index contributed by atoms with van der Waals surface area (Å²) in [6, 6.07) is 0. The number of carbonyl (C=O) groups is 1. The van der Waals surface area contributed by atoms with E-state index in [-0.39, 0.29) is 23.9 Å². The van der Waals surface area contributed by atoms with Gasteiger partial charge in [0.1, 0.15) is 10.7 Å². The maximum Gasteiger partial charge on any atom is 0.259 e. The molecule has 2 aliphatic rings. The van der Waals surface area contributed by atoms with Gasteiger partial charge in [-0.05, 0) is 56.0 Å². The van der Waals surface area contributed by atoms with Gasteiger partial charge in [0, 0.05) is 30.8 Å². The number of H-pyrrole nitrogens is 1. The van der Waals surface area contributed by atoms with Gasteiger partial charge in [-0.2, -0.15) is 0 Å². The Bertz CT molecular complexity index is 901. The van der Waals surface area contributed by atoms with Gasteiger partial charge < -0.3 is 15.6 Å². The molecule has 0 bridgehead atoms. The lowest BCUT2D eigenvalue weighted by Gasteiger charge is -2.31. The highest BCUT2D eigenvalue weighted by atomic mass is 35.5. The minimum atomic E-state index is -0.0433. The molecule has 0 aromatic carbocycles. The lowest BCUT2D eigenvalue weighted by atomic mass is 9.89. The van der Waals surface area contributed by atoms with Crippen molar-refractivity contribution in [3.8, 4) is 0 Å². The van der Waals surface area contributed by atoms with Crippen molar-refractivity contribution in [3.63, 3.8) is 0 Å². The van der Waals surface area contributed by atoms with Crippen LogP contribution in [-0.4, -0.2) is 40.4 Å². The second-order valence-electron chi connectivity index (χ2n) is 8.10. The minimum Gasteiger partial charge on any atom is -0.343 e. The van der Waals surface area contributed by atoms with Crippen molar-refractivity contribution in [2.75, 3.05) is 19.6 Å². The van der Waals surface area contributed by atoms with E-state index in [4.69, 9.17) is 5.73 Å². The lowest BCUT2D eigenvalue weighted by molar-refractivity contribution is -0.132. The topological polar surface area (TPSA) is 92.1 Å². The van der Waals surface area contributed by atoms with Gasteiger partial charge in [0.25, 0.3) is 5.56 Å². The molecule has 1 unspecified atom stereocenters. The van der Waals surface area contributed by atoms with Gasteiger partial charge in [-0.1, -0.05) is 6.92 Å². The van der Waals surface area contributed by atoms with Crippen LogP contribution in [0.25, 0.3) is 10.2 Å². The van der Waals surface area contributed by atoms with E-state index in [2.05, 4.69) is 16.9 Å². The summed E-state index contributed by atoms with van der Waals surface area (Å²) in [5, 5.41) is 0.779. The summed E-state index contributed by atoms with van der Waals surface area (Å²) in [5.74, 6) is 1.99. The van der Waals surface area contributed by atoms with Gasteiger partial charge in [-0.25, -0.2) is 4.98 Å². The molecule has 1 fully saturated rings. The van der Waals surface area contributed by atoms with Gasteiger partial charge in [0.05, 0.1) is 5.39 Å². The van der Waals surface area contributed by atoms with Crippen molar-refractivity contribution in [1.82, 2.24) is 14.9 Å². The van der Waals surface area contributed by atoms with Crippen LogP contribution in [0.2, 0.25) is 0 Å². The molecule has 2 aromatic rings. The first kappa shape index (κ1) is 21.3. The fourth-order valence-corrected chi connectivity index (χ4v) is 5.72. The van der Waals surface area contributed by atoms with Crippen LogP contribution >= 0.6 is 23.7 Å². The number of halogens is 1. The summed E-state index contributed by atoms with van der Waals surface area (Å²) in [5.41, 5.74) is 6.88. The number of aryl methyl sites for hydroxylation is 2. The molecule has 28 heavy (non-hydrogen) atoms. The molecule has 1 amide bonds. The molecule has 3 N–H and O–H groups in total. The van der Waals surface area contributed by atoms with Crippen molar-refractivity contribution in [2.45, 2.75) is 51.9 Å². The Morgan fingerprint density at radius 1 is 1.32 bits per heavy atom. The first-order valence-electron chi connectivity index (χ1n) is 10.1. The van der Waals surface area contributed by atoms with Crippen LogP contribution in [0, 0.1) is 11.8 Å². The third kappa shape index (κ3) is 4.26. The zero-order valence-electron chi connectivity index (χ0n) is 16.3. The number of aromatic amines is 1. The van der Waals surface area contributed by atoms with Crippen molar-refractivity contribution in [2.24, 2.45) is 17.6 Å². The smallest absolute Gasteiger partial charge is 0.259 e. The van der Waals surface area contributed by atoms with E-state index in [0.717, 1.165) is 55.4 Å². The number of likely N-dealkylation sites (tertiary alicyclic amines) is 1. The van der Waals surface area contributed by atoms with Crippen LogP contribution in [0.4, 0.5) is 0 Å². The highest BCUT2D eigenvalue weighted by molar-refractivity contribution is 7.18. The van der Waals surface area contributed by atoms with Crippen LogP contribution in [0.3, 0.4) is 0 Å². The standard InChI is InChI=1S/C20H28N4O2S.ClH/c1-12-2-3-14-15(10-12)27-20-18(14)19(26)22-16(23-20)4-5-17(25)24-8-6-13(11-21)7-9-24;/h12-13H,2-11,21H2,1H3,(H,22,23,26);1H. The van der Waals surface area contributed by atoms with Crippen molar-refractivity contribution in [1.29, 1.82) is 0 Å². The summed E-state index contributed by atoms with van der Waals surface area (Å²) < 4.78 is 0. The van der Waals surface area contributed by atoms with E-state index in [1.54, 1.807) is 11.3 Å². The Labute approximate surface area is 175 Å². The summed E-state index contributed by atoms with van der Waals surface area (Å²) >= 11 is 1.66. The SMILES string of the molecule is CC1CCc2c(sc3nc(CCC(=O)N4CCC(CN)CC4)[nH]c(=O)c23)C1.Cl. The average molecular weight is 425 g/mol. The highest BCUT2D eigenvalue weighted by Gasteiger charge is 2.24. The Hall–Kier alpha value is -1.44. The molecule has 1 aliphatic heterocycles. The Morgan fingerprint density at radius 3 is 2.79 bits per heavy atom. The summed E-state index contributed by atoms with van der Waals surface area (Å²) in [7, 11) is 0. The molecule has 4 rings (SSSR count). The Balaban J connectivity index is 0.00000225. The number of nitrogens with two attached hydrogens (primary N) is 1. The first-order chi connectivity index (χ1) is 13.0. The van der Waals surface area contributed by atoms with Gasteiger partial charge in [0.2, 0.25) is 5.91 Å². The number of piperidine rings is 1. The summed E-state index contributed by atoms with van der Waals surface area (Å²) in [4.78, 5) is 36.8. The monoisotopic (exact) mass is 424 g/mol. The molecule has 0 spiro atoms. The summed E-state index contributed by atoms with van der Waals surface area (Å²) in [6.07, 6.45) is 6.00. The van der Waals surface area contributed by atoms with Crippen LogP contribution in [0.15, 0.2) is 4.79 Å². The second-order valence-corrected chi connectivity index (χ2v) is 9.19. The van der Waals surface area contributed by atoms with Gasteiger partial charge in [-0.3, -0.25) is 9.59 Å². The highest BCUT2D eigenvalue weighted by Crippen LogP contribution is 2.35. The van der Waals surface area contributed by atoms with Crippen LogP contribution < -0.4 is 11.3 Å². The fraction of sp³-hybridized carbons (Fsp3) is 0.650. The number of hydrogen-bond donors (Lipinski definition) is 2. The van der Waals surface area contributed by atoms with E-state index in [1.807, 2.05) is 4.90 Å². The van der Waals surface area contributed by atoms with Crippen LogP contribution in [0.1, 0.15) is 48.9 Å². The number of carbonyl (C=O) groups excluding carboxylic acids is 1. The summed E-state index contributed by atoms with van der Waals surface area (Å²) in [6.45, 7) is 4.55. The predicted molar refractivity (Wildman–Crippen MR) is 115 cm³/mol. The quantitative estimate of drug-likeness (QED) is 0.789. The first-order valence-corrected chi connectivity index (χ1v) is 10.9. The number of fused-ring (bicyclic) bond motifs is 3. The molecule has 8 heteroatoms. The fourth-order valence-electron chi connectivity index (χ4n) is 4.31. The number of amides is 1. The molecule has 1 saturated heterocycles. The van der Waals surface area contributed by atoms with Crippen molar-refractivity contribution < 1.29 is 4.79 Å². The zero-order valence-corrected chi connectivity index (χ0v) is 18.0. The molecule has 154 valence electrons. The van der Waals surface area contributed by atoms with E-state index < -0.39 is 0 Å². The van der Waals surface area contributed by atoms with E-state index in [9.17, 15) is 9.59 Å². The number of rotatable bonds is 4. The molecule has 6 nitrogen and oxygen atoms in total. The Kier molecular flexibility index (Phi) is 6.78. The zero-order chi connectivity index (χ0) is 19.0. The van der Waals surface area contributed by atoms with Crippen LogP contribution in [-0.2, 0) is 24.1 Å².